The summed E-state index contributed by atoms with van der Waals surface area (Å²) in [4.78, 5) is 4.52. The van der Waals surface area contributed by atoms with Crippen LogP contribution < -0.4 is 4.90 Å². The number of likely N-dealkylation sites (N-methyl/N-ethyl adjacent to an activating group) is 1. The number of halogens is 1. The van der Waals surface area contributed by atoms with Crippen LogP contribution in [0.5, 0.6) is 0 Å². The first kappa shape index (κ1) is 11.9. The molecule has 1 fully saturated rings. The Bertz CT molecular complexity index is 431. The maximum Gasteiger partial charge on any atom is 0.124 e. The van der Waals surface area contributed by atoms with Crippen LogP contribution in [0.3, 0.4) is 0 Å². The van der Waals surface area contributed by atoms with Crippen molar-refractivity contribution in [2.45, 2.75) is 6.92 Å². The molecule has 4 heteroatoms. The molecule has 90 valence electrons. The zero-order valence-corrected chi connectivity index (χ0v) is 9.99. The first-order valence-corrected chi connectivity index (χ1v) is 5.91. The molecule has 0 spiro atoms. The minimum Gasteiger partial charge on any atom is -0.368 e. The largest absolute Gasteiger partial charge is 0.368 e. The summed E-state index contributed by atoms with van der Waals surface area (Å²) in [7, 11) is 0. The maximum absolute atomic E-state index is 13.0. The molecule has 1 aromatic carbocycles. The molecular weight excluding hydrogens is 217 g/mol. The molecule has 0 radical (unpaired) electrons. The standard InChI is InChI=1S/C13H16FN3/c1-2-16-5-7-17(8-6-16)13-4-3-12(14)9-11(13)10-15/h3-4,9H,2,5-8H2,1H3. The predicted octanol–water partition coefficient (Wildman–Crippen LogP) is 1.84. The van der Waals surface area contributed by atoms with Crippen molar-refractivity contribution in [3.05, 3.63) is 29.6 Å². The summed E-state index contributed by atoms with van der Waals surface area (Å²) < 4.78 is 13.0. The van der Waals surface area contributed by atoms with Gasteiger partial charge in [0.1, 0.15) is 11.9 Å². The van der Waals surface area contributed by atoms with Gasteiger partial charge in [-0.05, 0) is 24.7 Å². The molecule has 0 saturated carbocycles. The van der Waals surface area contributed by atoms with Crippen LogP contribution >= 0.6 is 0 Å². The van der Waals surface area contributed by atoms with Crippen molar-refractivity contribution >= 4 is 5.69 Å². The van der Waals surface area contributed by atoms with Crippen molar-refractivity contribution in [2.24, 2.45) is 0 Å². The molecule has 0 aliphatic carbocycles. The van der Waals surface area contributed by atoms with E-state index in [2.05, 4.69) is 22.8 Å². The van der Waals surface area contributed by atoms with Crippen LogP contribution in [0.15, 0.2) is 18.2 Å². The highest BCUT2D eigenvalue weighted by Gasteiger charge is 2.18. The fourth-order valence-corrected chi connectivity index (χ4v) is 2.18. The molecule has 17 heavy (non-hydrogen) atoms. The molecular formula is C13H16FN3. The number of nitriles is 1. The predicted molar refractivity (Wildman–Crippen MR) is 65.4 cm³/mol. The van der Waals surface area contributed by atoms with Crippen LogP contribution in [0.25, 0.3) is 0 Å². The van der Waals surface area contributed by atoms with Crippen LogP contribution in [-0.2, 0) is 0 Å². The zero-order chi connectivity index (χ0) is 12.3. The van der Waals surface area contributed by atoms with Crippen LogP contribution in [0.4, 0.5) is 10.1 Å². The molecule has 3 nitrogen and oxygen atoms in total. The summed E-state index contributed by atoms with van der Waals surface area (Å²) in [6.07, 6.45) is 0. The number of anilines is 1. The molecule has 0 amide bonds. The zero-order valence-electron chi connectivity index (χ0n) is 9.99. The van der Waals surface area contributed by atoms with Crippen molar-refractivity contribution in [3.8, 4) is 6.07 Å². The summed E-state index contributed by atoms with van der Waals surface area (Å²) >= 11 is 0. The van der Waals surface area contributed by atoms with Gasteiger partial charge in [0, 0.05) is 26.2 Å². The third-order valence-electron chi connectivity index (χ3n) is 3.24. The van der Waals surface area contributed by atoms with Crippen LogP contribution in [0, 0.1) is 17.1 Å². The van der Waals surface area contributed by atoms with Crippen molar-refractivity contribution < 1.29 is 4.39 Å². The Labute approximate surface area is 101 Å². The fraction of sp³-hybridized carbons (Fsp3) is 0.462. The Morgan fingerprint density at radius 1 is 1.29 bits per heavy atom. The van der Waals surface area contributed by atoms with E-state index in [1.165, 1.54) is 12.1 Å². The van der Waals surface area contributed by atoms with Crippen molar-refractivity contribution in [3.63, 3.8) is 0 Å². The van der Waals surface area contributed by atoms with Gasteiger partial charge < -0.3 is 9.80 Å². The molecule has 1 heterocycles. The van der Waals surface area contributed by atoms with E-state index in [1.807, 2.05) is 0 Å². The van der Waals surface area contributed by atoms with Crippen molar-refractivity contribution in [1.82, 2.24) is 4.90 Å². The summed E-state index contributed by atoms with van der Waals surface area (Å²) in [5.74, 6) is -0.350. The minimum absolute atomic E-state index is 0.350. The number of nitrogens with zero attached hydrogens (tertiary/aromatic N) is 3. The SMILES string of the molecule is CCN1CCN(c2ccc(F)cc2C#N)CC1. The summed E-state index contributed by atoms with van der Waals surface area (Å²) in [6, 6.07) is 6.49. The van der Waals surface area contributed by atoms with Gasteiger partial charge in [0.2, 0.25) is 0 Å². The first-order valence-electron chi connectivity index (χ1n) is 5.91. The Morgan fingerprint density at radius 3 is 2.59 bits per heavy atom. The molecule has 0 N–H and O–H groups in total. The quantitative estimate of drug-likeness (QED) is 0.780. The monoisotopic (exact) mass is 233 g/mol. The highest BCUT2D eigenvalue weighted by atomic mass is 19.1. The van der Waals surface area contributed by atoms with E-state index >= 15 is 0 Å². The van der Waals surface area contributed by atoms with E-state index in [0.29, 0.717) is 5.56 Å². The lowest BCUT2D eigenvalue weighted by Gasteiger charge is -2.35. The first-order chi connectivity index (χ1) is 8.24. The average molecular weight is 233 g/mol. The number of hydrogen-bond acceptors (Lipinski definition) is 3. The Kier molecular flexibility index (Phi) is 3.60. The highest BCUT2D eigenvalue weighted by molar-refractivity contribution is 5.59. The summed E-state index contributed by atoms with van der Waals surface area (Å²) in [5.41, 5.74) is 1.28. The maximum atomic E-state index is 13.0. The molecule has 0 atom stereocenters. The molecule has 1 aromatic rings. The van der Waals surface area contributed by atoms with Crippen molar-refractivity contribution in [2.75, 3.05) is 37.6 Å². The fourth-order valence-electron chi connectivity index (χ4n) is 2.18. The highest BCUT2D eigenvalue weighted by Crippen LogP contribution is 2.22. The normalized spacial score (nSPS) is 16.9. The summed E-state index contributed by atoms with van der Waals surface area (Å²) in [6.45, 7) is 7.00. The van der Waals surface area contributed by atoms with E-state index in [9.17, 15) is 4.39 Å². The van der Waals surface area contributed by atoms with E-state index in [0.717, 1.165) is 38.4 Å². The van der Waals surface area contributed by atoms with E-state index < -0.39 is 0 Å². The lowest BCUT2D eigenvalue weighted by molar-refractivity contribution is 0.271. The number of rotatable bonds is 2. The second-order valence-electron chi connectivity index (χ2n) is 4.19. The molecule has 0 bridgehead atoms. The van der Waals surface area contributed by atoms with Gasteiger partial charge in [-0.15, -0.1) is 0 Å². The van der Waals surface area contributed by atoms with Gasteiger partial charge >= 0.3 is 0 Å². The molecule has 1 aliphatic rings. The van der Waals surface area contributed by atoms with Crippen LogP contribution in [0.2, 0.25) is 0 Å². The van der Waals surface area contributed by atoms with Gasteiger partial charge in [0.25, 0.3) is 0 Å². The molecule has 1 aliphatic heterocycles. The molecule has 1 saturated heterocycles. The Hall–Kier alpha value is -1.60. The van der Waals surface area contributed by atoms with E-state index in [4.69, 9.17) is 5.26 Å². The average Bonchev–Trinajstić information content (AvgIpc) is 2.39. The van der Waals surface area contributed by atoms with Gasteiger partial charge in [-0.2, -0.15) is 5.26 Å². The number of piperazine rings is 1. The topological polar surface area (TPSA) is 30.3 Å². The number of hydrogen-bond donors (Lipinski definition) is 0. The van der Waals surface area contributed by atoms with E-state index in [1.54, 1.807) is 6.07 Å². The minimum atomic E-state index is -0.350. The van der Waals surface area contributed by atoms with Gasteiger partial charge in [-0.3, -0.25) is 0 Å². The Morgan fingerprint density at radius 2 is 2.00 bits per heavy atom. The molecule has 0 unspecified atom stereocenters. The smallest absolute Gasteiger partial charge is 0.124 e. The summed E-state index contributed by atoms with van der Waals surface area (Å²) in [5, 5.41) is 9.02. The van der Waals surface area contributed by atoms with Crippen LogP contribution in [-0.4, -0.2) is 37.6 Å². The van der Waals surface area contributed by atoms with E-state index in [-0.39, 0.29) is 5.82 Å². The number of benzene rings is 1. The van der Waals surface area contributed by atoms with Crippen molar-refractivity contribution in [1.29, 1.82) is 5.26 Å². The van der Waals surface area contributed by atoms with Gasteiger partial charge in [0.15, 0.2) is 0 Å². The lowest BCUT2D eigenvalue weighted by atomic mass is 10.1. The van der Waals surface area contributed by atoms with Gasteiger partial charge in [-0.1, -0.05) is 6.92 Å². The molecule has 0 aromatic heterocycles. The van der Waals surface area contributed by atoms with Crippen LogP contribution in [0.1, 0.15) is 12.5 Å². The second-order valence-corrected chi connectivity index (χ2v) is 4.19. The molecule has 2 rings (SSSR count). The second kappa shape index (κ2) is 5.15. The van der Waals surface area contributed by atoms with Gasteiger partial charge in [-0.25, -0.2) is 4.39 Å². The third kappa shape index (κ3) is 2.56. The Balaban J connectivity index is 2.16. The lowest BCUT2D eigenvalue weighted by Crippen LogP contribution is -2.46. The third-order valence-corrected chi connectivity index (χ3v) is 3.24. The van der Waals surface area contributed by atoms with Gasteiger partial charge in [0.05, 0.1) is 11.3 Å².